The van der Waals surface area contributed by atoms with E-state index < -0.39 is 11.7 Å². The molecule has 1 fully saturated rings. The molecule has 1 aromatic carbocycles. The maximum Gasteiger partial charge on any atom is 0.405 e. The first kappa shape index (κ1) is 16.3. The summed E-state index contributed by atoms with van der Waals surface area (Å²) in [6.45, 7) is 6.01. The molecule has 120 valence electrons. The van der Waals surface area contributed by atoms with Gasteiger partial charge in [-0.15, -0.1) is 0 Å². The highest BCUT2D eigenvalue weighted by molar-refractivity contribution is 5.94. The van der Waals surface area contributed by atoms with E-state index in [2.05, 4.69) is 0 Å². The lowest BCUT2D eigenvalue weighted by molar-refractivity contribution is 0.0303. The molecule has 0 bridgehead atoms. The van der Waals surface area contributed by atoms with Crippen LogP contribution in [0.1, 0.15) is 29.8 Å². The Balaban J connectivity index is 2.00. The maximum absolute atomic E-state index is 12.3. The van der Waals surface area contributed by atoms with Gasteiger partial charge in [-0.2, -0.15) is 0 Å². The molecule has 1 heterocycles. The molecule has 0 atom stereocenters. The predicted octanol–water partition coefficient (Wildman–Crippen LogP) is 1.58. The quantitative estimate of drug-likeness (QED) is 0.915. The fourth-order valence-corrected chi connectivity index (χ4v) is 2.51. The van der Waals surface area contributed by atoms with Gasteiger partial charge in [0.1, 0.15) is 5.60 Å². The highest BCUT2D eigenvalue weighted by atomic mass is 16.6. The number of nitrogens with two attached hydrogens (primary N) is 1. The summed E-state index contributed by atoms with van der Waals surface area (Å²) < 4.78 is 10.3. The first-order valence-corrected chi connectivity index (χ1v) is 7.32. The number of benzene rings is 1. The lowest BCUT2D eigenvalue weighted by Gasteiger charge is -2.27. The van der Waals surface area contributed by atoms with Crippen molar-refractivity contribution in [1.82, 2.24) is 4.90 Å². The smallest absolute Gasteiger partial charge is 0.405 e. The standard InChI is InChI=1S/C16H22N2O4/c1-16(2,22-15(17)20)11-12-3-5-13(6-4-12)14(19)18-7-9-21-10-8-18/h3-6H,7-11H2,1-2H3,(H2,17,20). The zero-order valence-electron chi connectivity index (χ0n) is 13.0. The Bertz CT molecular complexity index is 534. The van der Waals surface area contributed by atoms with Gasteiger partial charge in [0.05, 0.1) is 13.2 Å². The molecule has 0 saturated carbocycles. The van der Waals surface area contributed by atoms with E-state index >= 15 is 0 Å². The highest BCUT2D eigenvalue weighted by Gasteiger charge is 2.23. The molecule has 22 heavy (non-hydrogen) atoms. The van der Waals surface area contributed by atoms with E-state index in [0.29, 0.717) is 38.3 Å². The minimum atomic E-state index is -0.788. The lowest BCUT2D eigenvalue weighted by Crippen LogP contribution is -2.40. The van der Waals surface area contributed by atoms with Gasteiger partial charge in [-0.3, -0.25) is 4.79 Å². The third-order valence-corrected chi connectivity index (χ3v) is 3.51. The van der Waals surface area contributed by atoms with Crippen LogP contribution in [0.3, 0.4) is 0 Å². The second kappa shape index (κ2) is 6.79. The van der Waals surface area contributed by atoms with E-state index in [0.717, 1.165) is 5.56 Å². The van der Waals surface area contributed by atoms with Crippen molar-refractivity contribution in [2.75, 3.05) is 26.3 Å². The van der Waals surface area contributed by atoms with Crippen LogP contribution in [-0.2, 0) is 15.9 Å². The molecular weight excluding hydrogens is 284 g/mol. The van der Waals surface area contributed by atoms with Crippen molar-refractivity contribution in [1.29, 1.82) is 0 Å². The van der Waals surface area contributed by atoms with Crippen molar-refractivity contribution in [2.45, 2.75) is 25.9 Å². The Hall–Kier alpha value is -2.08. The molecule has 1 aliphatic rings. The molecule has 0 aliphatic carbocycles. The van der Waals surface area contributed by atoms with Gasteiger partial charge in [0.15, 0.2) is 0 Å². The van der Waals surface area contributed by atoms with Crippen LogP contribution in [0, 0.1) is 0 Å². The summed E-state index contributed by atoms with van der Waals surface area (Å²) in [6, 6.07) is 7.35. The molecule has 2 N–H and O–H groups in total. The Morgan fingerprint density at radius 3 is 2.36 bits per heavy atom. The number of hydrogen-bond donors (Lipinski definition) is 1. The molecule has 0 unspecified atom stereocenters. The fraction of sp³-hybridized carbons (Fsp3) is 0.500. The Kier molecular flexibility index (Phi) is 5.03. The van der Waals surface area contributed by atoms with E-state index in [-0.39, 0.29) is 5.91 Å². The minimum Gasteiger partial charge on any atom is -0.443 e. The Morgan fingerprint density at radius 2 is 1.82 bits per heavy atom. The van der Waals surface area contributed by atoms with Crippen LogP contribution in [0.5, 0.6) is 0 Å². The van der Waals surface area contributed by atoms with Gasteiger partial charge in [0.2, 0.25) is 0 Å². The summed E-state index contributed by atoms with van der Waals surface area (Å²) in [5.41, 5.74) is 6.01. The number of primary amides is 1. The fourth-order valence-electron chi connectivity index (χ4n) is 2.51. The number of carbonyl (C=O) groups is 2. The Labute approximate surface area is 130 Å². The third kappa shape index (κ3) is 4.46. The second-order valence-corrected chi connectivity index (χ2v) is 5.96. The molecule has 6 nitrogen and oxygen atoms in total. The van der Waals surface area contributed by atoms with Crippen LogP contribution in [0.2, 0.25) is 0 Å². The summed E-state index contributed by atoms with van der Waals surface area (Å²) in [6.07, 6.45) is -0.258. The summed E-state index contributed by atoms with van der Waals surface area (Å²) >= 11 is 0. The highest BCUT2D eigenvalue weighted by Crippen LogP contribution is 2.18. The van der Waals surface area contributed by atoms with Gasteiger partial charge in [-0.05, 0) is 31.5 Å². The van der Waals surface area contributed by atoms with Crippen LogP contribution in [0.15, 0.2) is 24.3 Å². The number of ether oxygens (including phenoxy) is 2. The van der Waals surface area contributed by atoms with Crippen LogP contribution >= 0.6 is 0 Å². The number of nitrogens with zero attached hydrogens (tertiary/aromatic N) is 1. The largest absolute Gasteiger partial charge is 0.443 e. The second-order valence-electron chi connectivity index (χ2n) is 5.96. The van der Waals surface area contributed by atoms with E-state index in [1.165, 1.54) is 0 Å². The summed E-state index contributed by atoms with van der Waals surface area (Å²) in [4.78, 5) is 25.0. The molecule has 2 amide bonds. The van der Waals surface area contributed by atoms with Crippen LogP contribution < -0.4 is 5.73 Å². The Morgan fingerprint density at radius 1 is 1.23 bits per heavy atom. The van der Waals surface area contributed by atoms with E-state index in [4.69, 9.17) is 15.2 Å². The van der Waals surface area contributed by atoms with E-state index in [9.17, 15) is 9.59 Å². The van der Waals surface area contributed by atoms with E-state index in [1.807, 2.05) is 12.1 Å². The molecule has 6 heteroatoms. The maximum atomic E-state index is 12.3. The van der Waals surface area contributed by atoms with E-state index in [1.54, 1.807) is 30.9 Å². The molecule has 1 aliphatic heterocycles. The number of hydrogen-bond acceptors (Lipinski definition) is 4. The van der Waals surface area contributed by atoms with Crippen molar-refractivity contribution in [3.8, 4) is 0 Å². The topological polar surface area (TPSA) is 81.9 Å². The van der Waals surface area contributed by atoms with Gasteiger partial charge >= 0.3 is 6.09 Å². The van der Waals surface area contributed by atoms with Crippen molar-refractivity contribution in [2.24, 2.45) is 5.73 Å². The summed E-state index contributed by atoms with van der Waals surface area (Å²) in [5.74, 6) is 0.0162. The number of morpholine rings is 1. The normalized spacial score (nSPS) is 15.5. The van der Waals surface area contributed by atoms with Crippen LogP contribution in [0.25, 0.3) is 0 Å². The molecule has 0 aromatic heterocycles. The first-order valence-electron chi connectivity index (χ1n) is 7.32. The molecule has 0 spiro atoms. The van der Waals surface area contributed by atoms with Crippen molar-refractivity contribution >= 4 is 12.0 Å². The SMILES string of the molecule is CC(C)(Cc1ccc(C(=O)N2CCOCC2)cc1)OC(N)=O. The zero-order chi connectivity index (χ0) is 16.2. The average molecular weight is 306 g/mol. The number of rotatable bonds is 4. The zero-order valence-corrected chi connectivity index (χ0v) is 13.0. The van der Waals surface area contributed by atoms with Gasteiger partial charge in [0, 0.05) is 25.1 Å². The molecule has 1 aromatic rings. The monoisotopic (exact) mass is 306 g/mol. The van der Waals surface area contributed by atoms with Crippen molar-refractivity contribution in [3.05, 3.63) is 35.4 Å². The molecule has 0 radical (unpaired) electrons. The van der Waals surface area contributed by atoms with Crippen molar-refractivity contribution in [3.63, 3.8) is 0 Å². The first-order chi connectivity index (χ1) is 10.4. The molecule has 1 saturated heterocycles. The van der Waals surface area contributed by atoms with Gasteiger partial charge in [-0.25, -0.2) is 4.79 Å². The lowest BCUT2D eigenvalue weighted by atomic mass is 9.97. The molecular formula is C16H22N2O4. The summed E-state index contributed by atoms with van der Waals surface area (Å²) in [5, 5.41) is 0. The van der Waals surface area contributed by atoms with Gasteiger partial charge < -0.3 is 20.1 Å². The van der Waals surface area contributed by atoms with Crippen LogP contribution in [0.4, 0.5) is 4.79 Å². The number of carbonyl (C=O) groups excluding carboxylic acids is 2. The van der Waals surface area contributed by atoms with Crippen molar-refractivity contribution < 1.29 is 19.1 Å². The summed E-state index contributed by atoms with van der Waals surface area (Å²) in [7, 11) is 0. The average Bonchev–Trinajstić information content (AvgIpc) is 2.46. The van der Waals surface area contributed by atoms with Gasteiger partial charge in [0.25, 0.3) is 5.91 Å². The third-order valence-electron chi connectivity index (χ3n) is 3.51. The minimum absolute atomic E-state index is 0.0162. The van der Waals surface area contributed by atoms with Gasteiger partial charge in [-0.1, -0.05) is 12.1 Å². The van der Waals surface area contributed by atoms with Crippen LogP contribution in [-0.4, -0.2) is 48.8 Å². The predicted molar refractivity (Wildman–Crippen MR) is 81.6 cm³/mol. The molecule has 2 rings (SSSR count). The number of amides is 2.